The third-order valence-corrected chi connectivity index (χ3v) is 3.10. The second-order valence-electron chi connectivity index (χ2n) is 4.51. The lowest BCUT2D eigenvalue weighted by Gasteiger charge is -2.15. The number of methoxy groups -OCH3 is 1. The van der Waals surface area contributed by atoms with Crippen molar-refractivity contribution in [2.75, 3.05) is 7.11 Å². The summed E-state index contributed by atoms with van der Waals surface area (Å²) in [5.41, 5.74) is 2.09. The van der Waals surface area contributed by atoms with E-state index in [-0.39, 0.29) is 11.9 Å². The molecule has 0 aliphatic rings. The van der Waals surface area contributed by atoms with Gasteiger partial charge in [0.25, 0.3) is 0 Å². The summed E-state index contributed by atoms with van der Waals surface area (Å²) in [6, 6.07) is 14.8. The Bertz CT molecular complexity index is 542. The predicted molar refractivity (Wildman–Crippen MR) is 74.6 cm³/mol. The summed E-state index contributed by atoms with van der Waals surface area (Å²) in [5, 5.41) is 3.37. The zero-order valence-corrected chi connectivity index (χ0v) is 11.2. The summed E-state index contributed by atoms with van der Waals surface area (Å²) in [5.74, 6) is 0.644. The van der Waals surface area contributed by atoms with E-state index in [2.05, 4.69) is 12.2 Å². The minimum Gasteiger partial charge on any atom is -0.497 e. The molecule has 0 saturated carbocycles. The summed E-state index contributed by atoms with van der Waals surface area (Å²) in [4.78, 5) is 0. The molecule has 3 heteroatoms. The van der Waals surface area contributed by atoms with Gasteiger partial charge in [0.1, 0.15) is 11.6 Å². The van der Waals surface area contributed by atoms with E-state index < -0.39 is 0 Å². The second kappa shape index (κ2) is 6.34. The standard InChI is InChI=1S/C16H18FNO/c1-12(14-6-4-8-16(10-14)19-2)18-11-13-5-3-7-15(17)9-13/h3-10,12,18H,11H2,1-2H3/t12-/m1/s1. The van der Waals surface area contributed by atoms with Crippen LogP contribution in [0, 0.1) is 5.82 Å². The predicted octanol–water partition coefficient (Wildman–Crippen LogP) is 3.69. The highest BCUT2D eigenvalue weighted by Gasteiger charge is 2.06. The number of nitrogens with one attached hydrogen (secondary N) is 1. The molecule has 0 fully saturated rings. The quantitative estimate of drug-likeness (QED) is 0.884. The minimum absolute atomic E-state index is 0.179. The third kappa shape index (κ3) is 3.80. The van der Waals surface area contributed by atoms with Crippen molar-refractivity contribution in [3.8, 4) is 5.75 Å². The third-order valence-electron chi connectivity index (χ3n) is 3.10. The van der Waals surface area contributed by atoms with Gasteiger partial charge in [-0.1, -0.05) is 24.3 Å². The Hall–Kier alpha value is -1.87. The largest absolute Gasteiger partial charge is 0.497 e. The number of benzene rings is 2. The summed E-state index contributed by atoms with van der Waals surface area (Å²) in [6.45, 7) is 2.71. The van der Waals surface area contributed by atoms with Crippen molar-refractivity contribution in [3.05, 3.63) is 65.5 Å². The number of halogens is 1. The van der Waals surface area contributed by atoms with Crippen molar-refractivity contribution in [2.24, 2.45) is 0 Å². The van der Waals surface area contributed by atoms with Crippen LogP contribution in [-0.4, -0.2) is 7.11 Å². The van der Waals surface area contributed by atoms with Crippen LogP contribution in [-0.2, 0) is 6.54 Å². The second-order valence-corrected chi connectivity index (χ2v) is 4.51. The maximum atomic E-state index is 13.1. The van der Waals surface area contributed by atoms with Crippen molar-refractivity contribution in [2.45, 2.75) is 19.5 Å². The zero-order valence-electron chi connectivity index (χ0n) is 11.2. The molecule has 2 aromatic carbocycles. The Morgan fingerprint density at radius 2 is 1.95 bits per heavy atom. The first-order valence-corrected chi connectivity index (χ1v) is 6.31. The van der Waals surface area contributed by atoms with Gasteiger partial charge in [0.2, 0.25) is 0 Å². The molecule has 1 atom stereocenters. The van der Waals surface area contributed by atoms with Gasteiger partial charge in [0, 0.05) is 12.6 Å². The van der Waals surface area contributed by atoms with Crippen LogP contribution in [0.25, 0.3) is 0 Å². The van der Waals surface area contributed by atoms with Crippen molar-refractivity contribution >= 4 is 0 Å². The molecule has 0 aliphatic carbocycles. The Labute approximate surface area is 113 Å². The lowest BCUT2D eigenvalue weighted by Crippen LogP contribution is -2.18. The Morgan fingerprint density at radius 1 is 1.16 bits per heavy atom. The first kappa shape index (κ1) is 13.6. The van der Waals surface area contributed by atoms with E-state index in [0.717, 1.165) is 16.9 Å². The normalized spacial score (nSPS) is 12.2. The van der Waals surface area contributed by atoms with Gasteiger partial charge in [-0.3, -0.25) is 0 Å². The van der Waals surface area contributed by atoms with E-state index >= 15 is 0 Å². The SMILES string of the molecule is COc1cccc([C@@H](C)NCc2cccc(F)c2)c1. The Balaban J connectivity index is 1.99. The van der Waals surface area contributed by atoms with Crippen LogP contribution in [0.4, 0.5) is 4.39 Å². The van der Waals surface area contributed by atoms with E-state index in [1.165, 1.54) is 6.07 Å². The van der Waals surface area contributed by atoms with Crippen molar-refractivity contribution in [1.82, 2.24) is 5.32 Å². The topological polar surface area (TPSA) is 21.3 Å². The highest BCUT2D eigenvalue weighted by molar-refractivity contribution is 5.30. The van der Waals surface area contributed by atoms with E-state index in [4.69, 9.17) is 4.74 Å². The molecule has 0 heterocycles. The number of hydrogen-bond acceptors (Lipinski definition) is 2. The minimum atomic E-state index is -0.201. The van der Waals surface area contributed by atoms with Gasteiger partial charge in [-0.15, -0.1) is 0 Å². The number of rotatable bonds is 5. The average molecular weight is 259 g/mol. The molecule has 0 aromatic heterocycles. The lowest BCUT2D eigenvalue weighted by molar-refractivity contribution is 0.413. The molecular formula is C16H18FNO. The monoisotopic (exact) mass is 259 g/mol. The molecule has 1 N–H and O–H groups in total. The Morgan fingerprint density at radius 3 is 2.68 bits per heavy atom. The summed E-state index contributed by atoms with van der Waals surface area (Å²) in [6.07, 6.45) is 0. The van der Waals surface area contributed by atoms with E-state index in [1.807, 2.05) is 30.3 Å². The van der Waals surface area contributed by atoms with Crippen LogP contribution in [0.15, 0.2) is 48.5 Å². The molecule has 0 radical (unpaired) electrons. The van der Waals surface area contributed by atoms with Gasteiger partial charge in [-0.2, -0.15) is 0 Å². The fraction of sp³-hybridized carbons (Fsp3) is 0.250. The number of hydrogen-bond donors (Lipinski definition) is 1. The van der Waals surface area contributed by atoms with Gasteiger partial charge in [0.15, 0.2) is 0 Å². The van der Waals surface area contributed by atoms with Crippen LogP contribution >= 0.6 is 0 Å². The zero-order chi connectivity index (χ0) is 13.7. The molecule has 0 saturated heterocycles. The van der Waals surface area contributed by atoms with Crippen molar-refractivity contribution in [1.29, 1.82) is 0 Å². The summed E-state index contributed by atoms with van der Waals surface area (Å²) in [7, 11) is 1.66. The van der Waals surface area contributed by atoms with Crippen LogP contribution in [0.3, 0.4) is 0 Å². The van der Waals surface area contributed by atoms with Gasteiger partial charge < -0.3 is 10.1 Å². The van der Waals surface area contributed by atoms with E-state index in [1.54, 1.807) is 19.2 Å². The van der Waals surface area contributed by atoms with Gasteiger partial charge in [0.05, 0.1) is 7.11 Å². The first-order chi connectivity index (χ1) is 9.19. The summed E-state index contributed by atoms with van der Waals surface area (Å²) < 4.78 is 18.3. The van der Waals surface area contributed by atoms with Crippen molar-refractivity contribution < 1.29 is 9.13 Å². The molecule has 2 aromatic rings. The van der Waals surface area contributed by atoms with Gasteiger partial charge in [-0.05, 0) is 42.3 Å². The first-order valence-electron chi connectivity index (χ1n) is 6.31. The maximum Gasteiger partial charge on any atom is 0.123 e. The molecule has 2 nitrogen and oxygen atoms in total. The Kier molecular flexibility index (Phi) is 4.53. The molecular weight excluding hydrogens is 241 g/mol. The molecule has 0 unspecified atom stereocenters. The van der Waals surface area contributed by atoms with E-state index in [0.29, 0.717) is 6.54 Å². The highest BCUT2D eigenvalue weighted by Crippen LogP contribution is 2.19. The van der Waals surface area contributed by atoms with Crippen molar-refractivity contribution in [3.63, 3.8) is 0 Å². The van der Waals surface area contributed by atoms with Crippen LogP contribution in [0.1, 0.15) is 24.1 Å². The molecule has 19 heavy (non-hydrogen) atoms. The molecule has 100 valence electrons. The van der Waals surface area contributed by atoms with Crippen LogP contribution in [0.5, 0.6) is 5.75 Å². The van der Waals surface area contributed by atoms with Crippen LogP contribution in [0.2, 0.25) is 0 Å². The fourth-order valence-corrected chi connectivity index (χ4v) is 1.95. The molecule has 0 amide bonds. The molecule has 0 bridgehead atoms. The molecule has 0 spiro atoms. The van der Waals surface area contributed by atoms with Gasteiger partial charge in [-0.25, -0.2) is 4.39 Å². The smallest absolute Gasteiger partial charge is 0.123 e. The summed E-state index contributed by atoms with van der Waals surface area (Å²) >= 11 is 0. The maximum absolute atomic E-state index is 13.1. The lowest BCUT2D eigenvalue weighted by atomic mass is 10.1. The highest BCUT2D eigenvalue weighted by atomic mass is 19.1. The fourth-order valence-electron chi connectivity index (χ4n) is 1.95. The van der Waals surface area contributed by atoms with Crippen LogP contribution < -0.4 is 10.1 Å². The average Bonchev–Trinajstić information content (AvgIpc) is 2.45. The molecule has 2 rings (SSSR count). The van der Waals surface area contributed by atoms with Gasteiger partial charge >= 0.3 is 0 Å². The molecule has 0 aliphatic heterocycles. The van der Waals surface area contributed by atoms with E-state index in [9.17, 15) is 4.39 Å². The number of ether oxygens (including phenoxy) is 1.